The first-order chi connectivity index (χ1) is 9.41. The Bertz CT molecular complexity index is 183. The molecule has 0 saturated heterocycles. The molecule has 0 aliphatic heterocycles. The van der Waals surface area contributed by atoms with Gasteiger partial charge in [0.25, 0.3) is 0 Å². The van der Waals surface area contributed by atoms with Crippen LogP contribution in [0.15, 0.2) is 0 Å². The van der Waals surface area contributed by atoms with Crippen molar-refractivity contribution in [3.63, 3.8) is 0 Å². The van der Waals surface area contributed by atoms with Gasteiger partial charge < -0.3 is 29.1 Å². The lowest BCUT2D eigenvalue weighted by Crippen LogP contribution is -2.19. The van der Waals surface area contributed by atoms with Crippen molar-refractivity contribution in [1.29, 1.82) is 0 Å². The van der Waals surface area contributed by atoms with Crippen LogP contribution in [-0.4, -0.2) is 72.1 Å². The van der Waals surface area contributed by atoms with Gasteiger partial charge in [0.2, 0.25) is 6.41 Å². The van der Waals surface area contributed by atoms with Crippen LogP contribution in [-0.2, 0) is 28.5 Å². The second-order valence-electron chi connectivity index (χ2n) is 3.48. The first-order valence-electron chi connectivity index (χ1n) is 6.33. The molecule has 0 aromatic heterocycles. The number of carbonyl (C=O) groups is 2. The molecule has 0 unspecified atom stereocenters. The van der Waals surface area contributed by atoms with Crippen molar-refractivity contribution in [3.05, 3.63) is 0 Å². The minimum absolute atomic E-state index is 0.422. The van der Waals surface area contributed by atoms with Gasteiger partial charge >= 0.3 is 0 Å². The highest BCUT2D eigenvalue weighted by atomic mass is 16.6. The van der Waals surface area contributed by atoms with Gasteiger partial charge in [0.15, 0.2) is 0 Å². The lowest BCUT2D eigenvalue weighted by atomic mass is 10.5. The van der Waals surface area contributed by atoms with Gasteiger partial charge in [0, 0.05) is 13.0 Å². The molecule has 0 aromatic carbocycles. The predicted molar refractivity (Wildman–Crippen MR) is 68.0 cm³/mol. The molecule has 0 saturated carbocycles. The molecule has 7 nitrogen and oxygen atoms in total. The molecular weight excluding hydrogens is 254 g/mol. The summed E-state index contributed by atoms with van der Waals surface area (Å²) in [6.07, 6.45) is 1.89. The van der Waals surface area contributed by atoms with E-state index < -0.39 is 0 Å². The molecule has 0 atom stereocenters. The lowest BCUT2D eigenvalue weighted by molar-refractivity contribution is -0.110. The zero-order valence-corrected chi connectivity index (χ0v) is 11.2. The van der Waals surface area contributed by atoms with Crippen molar-refractivity contribution in [2.75, 3.05) is 59.4 Å². The quantitative estimate of drug-likeness (QED) is 0.299. The first-order valence-corrected chi connectivity index (χ1v) is 6.33. The summed E-state index contributed by atoms with van der Waals surface area (Å²) in [5.74, 6) is 0. The number of carbonyl (C=O) groups excluding carboxylic acids is 2. The van der Waals surface area contributed by atoms with E-state index in [2.05, 4.69) is 5.32 Å². The van der Waals surface area contributed by atoms with Crippen LogP contribution in [0, 0.1) is 0 Å². The molecular formula is C12H23NO6. The van der Waals surface area contributed by atoms with Gasteiger partial charge in [-0.25, -0.2) is 0 Å². The number of ether oxygens (including phenoxy) is 4. The fraction of sp³-hybridized carbons (Fsp3) is 0.833. The van der Waals surface area contributed by atoms with Crippen molar-refractivity contribution in [2.45, 2.75) is 6.42 Å². The highest BCUT2D eigenvalue weighted by molar-refractivity contribution is 5.49. The molecule has 0 heterocycles. The molecule has 0 radical (unpaired) electrons. The van der Waals surface area contributed by atoms with Gasteiger partial charge in [0.1, 0.15) is 6.29 Å². The van der Waals surface area contributed by atoms with E-state index in [0.717, 1.165) is 6.29 Å². The number of rotatable bonds is 16. The molecule has 112 valence electrons. The summed E-state index contributed by atoms with van der Waals surface area (Å²) >= 11 is 0. The summed E-state index contributed by atoms with van der Waals surface area (Å²) in [4.78, 5) is 19.9. The van der Waals surface area contributed by atoms with Crippen molar-refractivity contribution < 1.29 is 28.5 Å². The van der Waals surface area contributed by atoms with Crippen LogP contribution in [0.1, 0.15) is 6.42 Å². The molecule has 1 amide bonds. The molecule has 0 spiro atoms. The zero-order chi connectivity index (χ0) is 14.0. The molecule has 0 rings (SSSR count). The van der Waals surface area contributed by atoms with E-state index in [1.54, 1.807) is 0 Å². The van der Waals surface area contributed by atoms with Crippen molar-refractivity contribution >= 4 is 12.7 Å². The van der Waals surface area contributed by atoms with Crippen LogP contribution in [0.4, 0.5) is 0 Å². The Morgan fingerprint density at radius 1 is 0.684 bits per heavy atom. The van der Waals surface area contributed by atoms with E-state index in [-0.39, 0.29) is 0 Å². The van der Waals surface area contributed by atoms with Gasteiger partial charge in [-0.3, -0.25) is 4.79 Å². The number of amides is 1. The Morgan fingerprint density at radius 3 is 1.63 bits per heavy atom. The minimum Gasteiger partial charge on any atom is -0.379 e. The average Bonchev–Trinajstić information content (AvgIpc) is 2.43. The van der Waals surface area contributed by atoms with Crippen LogP contribution >= 0.6 is 0 Å². The highest BCUT2D eigenvalue weighted by Gasteiger charge is 1.92. The fourth-order valence-corrected chi connectivity index (χ4v) is 1.08. The number of hydrogen-bond donors (Lipinski definition) is 1. The SMILES string of the molecule is O=CCCOCCOCCOCCOCCNC=O. The normalized spacial score (nSPS) is 10.3. The Balaban J connectivity index is 2.91. The third-order valence-electron chi connectivity index (χ3n) is 1.97. The molecule has 1 N–H and O–H groups in total. The van der Waals surface area contributed by atoms with E-state index >= 15 is 0 Å². The highest BCUT2D eigenvalue weighted by Crippen LogP contribution is 1.83. The lowest BCUT2D eigenvalue weighted by Gasteiger charge is -2.06. The summed E-state index contributed by atoms with van der Waals surface area (Å²) in [7, 11) is 0. The van der Waals surface area contributed by atoms with Gasteiger partial charge in [-0.1, -0.05) is 0 Å². The van der Waals surface area contributed by atoms with Crippen LogP contribution in [0.5, 0.6) is 0 Å². The first kappa shape index (κ1) is 18.0. The maximum Gasteiger partial charge on any atom is 0.207 e. The van der Waals surface area contributed by atoms with Crippen molar-refractivity contribution in [3.8, 4) is 0 Å². The second-order valence-corrected chi connectivity index (χ2v) is 3.48. The molecule has 0 aliphatic rings. The molecule has 19 heavy (non-hydrogen) atoms. The standard InChI is InChI=1S/C12H23NO6/c14-3-1-4-16-6-8-18-10-11-19-9-7-17-5-2-13-12-15/h3,12H,1-2,4-11H2,(H,13,15). The van der Waals surface area contributed by atoms with E-state index in [9.17, 15) is 9.59 Å². The topological polar surface area (TPSA) is 83.1 Å². The molecule has 0 aromatic rings. The van der Waals surface area contributed by atoms with E-state index in [1.165, 1.54) is 0 Å². The minimum atomic E-state index is 0.422. The molecule has 7 heteroatoms. The number of hydrogen-bond acceptors (Lipinski definition) is 6. The fourth-order valence-electron chi connectivity index (χ4n) is 1.08. The summed E-state index contributed by atoms with van der Waals surface area (Å²) in [6, 6.07) is 0. The van der Waals surface area contributed by atoms with Crippen LogP contribution in [0.2, 0.25) is 0 Å². The maximum absolute atomic E-state index is 9.98. The molecule has 0 fully saturated rings. The van der Waals surface area contributed by atoms with Crippen molar-refractivity contribution in [2.24, 2.45) is 0 Å². The number of nitrogens with one attached hydrogen (secondary N) is 1. The van der Waals surface area contributed by atoms with Crippen LogP contribution < -0.4 is 5.32 Å². The van der Waals surface area contributed by atoms with Gasteiger partial charge in [-0.2, -0.15) is 0 Å². The van der Waals surface area contributed by atoms with E-state index in [4.69, 9.17) is 18.9 Å². The largest absolute Gasteiger partial charge is 0.379 e. The second kappa shape index (κ2) is 17.0. The van der Waals surface area contributed by atoms with Crippen molar-refractivity contribution in [1.82, 2.24) is 5.32 Å². The summed E-state index contributed by atoms with van der Waals surface area (Å²) in [5, 5.41) is 2.49. The van der Waals surface area contributed by atoms with E-state index in [0.29, 0.717) is 72.2 Å². The van der Waals surface area contributed by atoms with Crippen LogP contribution in [0.3, 0.4) is 0 Å². The molecule has 0 bridgehead atoms. The maximum atomic E-state index is 9.98. The van der Waals surface area contributed by atoms with Gasteiger partial charge in [-0.05, 0) is 0 Å². The Kier molecular flexibility index (Phi) is 16.1. The van der Waals surface area contributed by atoms with E-state index in [1.807, 2.05) is 0 Å². The third-order valence-corrected chi connectivity index (χ3v) is 1.97. The molecule has 0 aliphatic carbocycles. The van der Waals surface area contributed by atoms with Gasteiger partial charge in [-0.15, -0.1) is 0 Å². The predicted octanol–water partition coefficient (Wildman–Crippen LogP) is -0.612. The third kappa shape index (κ3) is 17.0. The monoisotopic (exact) mass is 277 g/mol. The summed E-state index contributed by atoms with van der Waals surface area (Å²) in [5.41, 5.74) is 0. The Labute approximate surface area is 113 Å². The Morgan fingerprint density at radius 2 is 1.16 bits per heavy atom. The average molecular weight is 277 g/mol. The smallest absolute Gasteiger partial charge is 0.207 e. The van der Waals surface area contributed by atoms with Gasteiger partial charge in [0.05, 0.1) is 52.9 Å². The summed E-state index contributed by atoms with van der Waals surface area (Å²) in [6.45, 7) is 4.42. The zero-order valence-electron chi connectivity index (χ0n) is 11.2. The summed E-state index contributed by atoms with van der Waals surface area (Å²) < 4.78 is 20.8. The van der Waals surface area contributed by atoms with Crippen LogP contribution in [0.25, 0.3) is 0 Å². The Hall–Kier alpha value is -1.02. The number of aldehydes is 1.